The van der Waals surface area contributed by atoms with Crippen LogP contribution in [0.25, 0.3) is 0 Å². The average molecular weight is 361 g/mol. The van der Waals surface area contributed by atoms with Gasteiger partial charge in [-0.05, 0) is 55.0 Å². The van der Waals surface area contributed by atoms with E-state index in [1.54, 1.807) is 18.3 Å². The molecular formula is C22H23N3O2. The zero-order valence-electron chi connectivity index (χ0n) is 15.3. The van der Waals surface area contributed by atoms with E-state index < -0.39 is 0 Å². The lowest BCUT2D eigenvalue weighted by Crippen LogP contribution is -2.24. The molecule has 5 heteroatoms. The SMILES string of the molecule is CCCCNC(=O)c1ccc(Nc2ccc(Oc3ccccc3)cc2)nc1. The number of para-hydroxylation sites is 1. The maximum absolute atomic E-state index is 12.0. The zero-order valence-corrected chi connectivity index (χ0v) is 15.3. The van der Waals surface area contributed by atoms with Gasteiger partial charge in [0.1, 0.15) is 17.3 Å². The largest absolute Gasteiger partial charge is 0.457 e. The van der Waals surface area contributed by atoms with Gasteiger partial charge in [-0.1, -0.05) is 31.5 Å². The number of carbonyl (C=O) groups is 1. The van der Waals surface area contributed by atoms with Gasteiger partial charge in [-0.2, -0.15) is 0 Å². The third-order valence-electron chi connectivity index (χ3n) is 3.95. The molecule has 0 spiro atoms. The average Bonchev–Trinajstić information content (AvgIpc) is 2.71. The third-order valence-corrected chi connectivity index (χ3v) is 3.95. The van der Waals surface area contributed by atoms with E-state index >= 15 is 0 Å². The highest BCUT2D eigenvalue weighted by atomic mass is 16.5. The molecule has 0 atom stereocenters. The van der Waals surface area contributed by atoms with E-state index in [4.69, 9.17) is 4.74 Å². The molecule has 0 saturated carbocycles. The Kier molecular flexibility index (Phi) is 6.41. The number of pyridine rings is 1. The predicted octanol–water partition coefficient (Wildman–Crippen LogP) is 5.15. The smallest absolute Gasteiger partial charge is 0.252 e. The first-order valence-corrected chi connectivity index (χ1v) is 9.09. The summed E-state index contributed by atoms with van der Waals surface area (Å²) < 4.78 is 5.78. The number of nitrogens with zero attached hydrogens (tertiary/aromatic N) is 1. The van der Waals surface area contributed by atoms with Gasteiger partial charge in [0.2, 0.25) is 0 Å². The molecule has 27 heavy (non-hydrogen) atoms. The predicted molar refractivity (Wildman–Crippen MR) is 108 cm³/mol. The van der Waals surface area contributed by atoms with Crippen LogP contribution in [0.15, 0.2) is 72.9 Å². The zero-order chi connectivity index (χ0) is 18.9. The van der Waals surface area contributed by atoms with Gasteiger partial charge in [-0.3, -0.25) is 4.79 Å². The van der Waals surface area contributed by atoms with Crippen molar-refractivity contribution in [2.75, 3.05) is 11.9 Å². The molecule has 138 valence electrons. The molecule has 1 heterocycles. The van der Waals surface area contributed by atoms with Crippen molar-refractivity contribution in [3.05, 3.63) is 78.5 Å². The molecule has 0 aliphatic rings. The number of benzene rings is 2. The Balaban J connectivity index is 1.56. The number of anilines is 2. The van der Waals surface area contributed by atoms with E-state index in [2.05, 4.69) is 22.5 Å². The van der Waals surface area contributed by atoms with E-state index in [1.165, 1.54) is 0 Å². The maximum atomic E-state index is 12.0. The van der Waals surface area contributed by atoms with Crippen molar-refractivity contribution in [3.63, 3.8) is 0 Å². The second kappa shape index (κ2) is 9.38. The maximum Gasteiger partial charge on any atom is 0.252 e. The van der Waals surface area contributed by atoms with E-state index in [-0.39, 0.29) is 5.91 Å². The number of hydrogen-bond donors (Lipinski definition) is 2. The van der Waals surface area contributed by atoms with Crippen LogP contribution in [0, 0.1) is 0 Å². The van der Waals surface area contributed by atoms with Crippen LogP contribution in [0.3, 0.4) is 0 Å². The molecule has 0 unspecified atom stereocenters. The molecule has 0 fully saturated rings. The highest BCUT2D eigenvalue weighted by molar-refractivity contribution is 5.94. The fraction of sp³-hybridized carbons (Fsp3) is 0.182. The summed E-state index contributed by atoms with van der Waals surface area (Å²) in [6, 6.07) is 20.8. The van der Waals surface area contributed by atoms with E-state index in [9.17, 15) is 4.79 Å². The quantitative estimate of drug-likeness (QED) is 0.545. The fourth-order valence-electron chi connectivity index (χ4n) is 2.46. The number of rotatable bonds is 8. The molecule has 0 aliphatic heterocycles. The first-order valence-electron chi connectivity index (χ1n) is 9.09. The van der Waals surface area contributed by atoms with E-state index in [0.717, 1.165) is 30.0 Å². The Morgan fingerprint density at radius 1 is 0.963 bits per heavy atom. The number of amides is 1. The van der Waals surface area contributed by atoms with Crippen molar-refractivity contribution < 1.29 is 9.53 Å². The number of aromatic nitrogens is 1. The Morgan fingerprint density at radius 2 is 1.70 bits per heavy atom. The Bertz CT molecular complexity index is 847. The molecule has 5 nitrogen and oxygen atoms in total. The summed E-state index contributed by atoms with van der Waals surface area (Å²) in [5.41, 5.74) is 1.45. The van der Waals surface area contributed by atoms with Gasteiger partial charge in [0, 0.05) is 18.4 Å². The van der Waals surface area contributed by atoms with Crippen LogP contribution >= 0.6 is 0 Å². The van der Waals surface area contributed by atoms with Crippen LogP contribution in [0.1, 0.15) is 30.1 Å². The summed E-state index contributed by atoms with van der Waals surface area (Å²) >= 11 is 0. The van der Waals surface area contributed by atoms with Gasteiger partial charge < -0.3 is 15.4 Å². The molecule has 1 aromatic heterocycles. The summed E-state index contributed by atoms with van der Waals surface area (Å²) in [7, 11) is 0. The summed E-state index contributed by atoms with van der Waals surface area (Å²) in [6.07, 6.45) is 3.61. The van der Waals surface area contributed by atoms with Crippen LogP contribution in [0.4, 0.5) is 11.5 Å². The van der Waals surface area contributed by atoms with Gasteiger partial charge in [0.25, 0.3) is 5.91 Å². The number of hydrogen-bond acceptors (Lipinski definition) is 4. The third kappa shape index (κ3) is 5.57. The molecule has 0 aliphatic carbocycles. The van der Waals surface area contributed by atoms with Crippen LogP contribution in [-0.4, -0.2) is 17.4 Å². The normalized spacial score (nSPS) is 10.3. The summed E-state index contributed by atoms with van der Waals surface area (Å²) in [5, 5.41) is 6.10. The minimum atomic E-state index is -0.0927. The van der Waals surface area contributed by atoms with Gasteiger partial charge in [-0.15, -0.1) is 0 Å². The first-order chi connectivity index (χ1) is 13.2. The summed E-state index contributed by atoms with van der Waals surface area (Å²) in [5.74, 6) is 2.15. The molecule has 2 aromatic carbocycles. The lowest BCUT2D eigenvalue weighted by atomic mass is 10.2. The Hall–Kier alpha value is -3.34. The Morgan fingerprint density at radius 3 is 2.37 bits per heavy atom. The van der Waals surface area contributed by atoms with Crippen molar-refractivity contribution in [1.29, 1.82) is 0 Å². The second-order valence-electron chi connectivity index (χ2n) is 6.11. The summed E-state index contributed by atoms with van der Waals surface area (Å²) in [6.45, 7) is 2.78. The first kappa shape index (κ1) is 18.5. The van der Waals surface area contributed by atoms with Crippen molar-refractivity contribution in [3.8, 4) is 11.5 Å². The number of ether oxygens (including phenoxy) is 1. The molecule has 3 rings (SSSR count). The molecule has 0 bridgehead atoms. The standard InChI is InChI=1S/C22H23N3O2/c1-2-3-15-23-22(26)17-9-14-21(24-16-17)25-18-10-12-20(13-11-18)27-19-7-5-4-6-8-19/h4-14,16H,2-3,15H2,1H3,(H,23,26)(H,24,25). The number of carbonyl (C=O) groups excluding carboxylic acids is 1. The minimum absolute atomic E-state index is 0.0927. The highest BCUT2D eigenvalue weighted by Gasteiger charge is 2.05. The van der Waals surface area contributed by atoms with Crippen LogP contribution in [-0.2, 0) is 0 Å². The van der Waals surface area contributed by atoms with Gasteiger partial charge in [-0.25, -0.2) is 4.98 Å². The fourth-order valence-corrected chi connectivity index (χ4v) is 2.46. The second-order valence-corrected chi connectivity index (χ2v) is 6.11. The van der Waals surface area contributed by atoms with Crippen molar-refractivity contribution in [2.24, 2.45) is 0 Å². The molecule has 2 N–H and O–H groups in total. The topological polar surface area (TPSA) is 63.2 Å². The minimum Gasteiger partial charge on any atom is -0.457 e. The number of nitrogens with one attached hydrogen (secondary N) is 2. The van der Waals surface area contributed by atoms with Gasteiger partial charge in [0.15, 0.2) is 0 Å². The van der Waals surface area contributed by atoms with Crippen LogP contribution < -0.4 is 15.4 Å². The molecule has 3 aromatic rings. The van der Waals surface area contributed by atoms with Crippen LogP contribution in [0.2, 0.25) is 0 Å². The Labute approximate surface area is 159 Å². The number of unbranched alkanes of at least 4 members (excludes halogenated alkanes) is 1. The van der Waals surface area contributed by atoms with E-state index in [1.807, 2.05) is 54.6 Å². The summed E-state index contributed by atoms with van der Waals surface area (Å²) in [4.78, 5) is 16.3. The van der Waals surface area contributed by atoms with Crippen molar-refractivity contribution in [1.82, 2.24) is 10.3 Å². The molecular weight excluding hydrogens is 338 g/mol. The van der Waals surface area contributed by atoms with Crippen molar-refractivity contribution >= 4 is 17.4 Å². The van der Waals surface area contributed by atoms with Gasteiger partial charge in [0.05, 0.1) is 5.56 Å². The van der Waals surface area contributed by atoms with Crippen LogP contribution in [0.5, 0.6) is 11.5 Å². The highest BCUT2D eigenvalue weighted by Crippen LogP contribution is 2.23. The molecule has 0 saturated heterocycles. The monoisotopic (exact) mass is 361 g/mol. The molecule has 0 radical (unpaired) electrons. The van der Waals surface area contributed by atoms with Crippen molar-refractivity contribution in [2.45, 2.75) is 19.8 Å². The lowest BCUT2D eigenvalue weighted by Gasteiger charge is -2.09. The molecule has 1 amide bonds. The lowest BCUT2D eigenvalue weighted by molar-refractivity contribution is 0.0953. The van der Waals surface area contributed by atoms with E-state index in [0.29, 0.717) is 17.9 Å². The van der Waals surface area contributed by atoms with Gasteiger partial charge >= 0.3 is 0 Å².